The molecule has 0 spiro atoms. The Hall–Kier alpha value is -4.54. The smallest absolute Gasteiger partial charge is 0.332 e. The van der Waals surface area contributed by atoms with Crippen molar-refractivity contribution in [3.63, 3.8) is 0 Å². The number of hydrogen-bond acceptors (Lipinski definition) is 8. The molecular formula is C28H26ClN7O3. The number of methoxy groups -OCH3 is 1. The Morgan fingerprint density at radius 3 is 2.44 bits per heavy atom. The number of aryl methyl sites for hydroxylation is 1. The number of nitrogens with one attached hydrogen (secondary N) is 1. The zero-order valence-electron chi connectivity index (χ0n) is 21.8. The van der Waals surface area contributed by atoms with Crippen LogP contribution in [0.2, 0.25) is 5.02 Å². The third-order valence-electron chi connectivity index (χ3n) is 6.74. The van der Waals surface area contributed by atoms with Gasteiger partial charge in [-0.2, -0.15) is 0 Å². The van der Waals surface area contributed by atoms with E-state index in [2.05, 4.69) is 20.3 Å². The van der Waals surface area contributed by atoms with E-state index in [9.17, 15) is 9.59 Å². The molecule has 11 heteroatoms. The molecule has 39 heavy (non-hydrogen) atoms. The molecule has 5 rings (SSSR count). The zero-order chi connectivity index (χ0) is 27.8. The third-order valence-corrected chi connectivity index (χ3v) is 7.15. The largest absolute Gasteiger partial charge is 0.481 e. The number of nitrogens with zero attached hydrogens (tertiary/aromatic N) is 5. The quantitative estimate of drug-likeness (QED) is 0.329. The Morgan fingerprint density at radius 1 is 0.974 bits per heavy atom. The van der Waals surface area contributed by atoms with E-state index in [1.54, 1.807) is 14.2 Å². The minimum absolute atomic E-state index is 0.216. The molecule has 2 aromatic carbocycles. The molecule has 10 nitrogen and oxygen atoms in total. The van der Waals surface area contributed by atoms with E-state index in [0.717, 1.165) is 38.1 Å². The predicted octanol–water partition coefficient (Wildman–Crippen LogP) is 3.93. The van der Waals surface area contributed by atoms with Gasteiger partial charge in [-0.15, -0.1) is 0 Å². The lowest BCUT2D eigenvalue weighted by Gasteiger charge is -2.17. The van der Waals surface area contributed by atoms with Crippen molar-refractivity contribution in [2.24, 2.45) is 19.8 Å². The van der Waals surface area contributed by atoms with Crippen LogP contribution in [0.1, 0.15) is 11.1 Å². The summed E-state index contributed by atoms with van der Waals surface area (Å²) in [5.41, 5.74) is 10.6. The SMILES string of the molecule is COc1nc(-c2cccc(-c3cccc(Nc4ncnc5c4c(=O)n(C)c(=O)n5C)c3C)c2Cl)ccc1CN. The highest BCUT2D eigenvalue weighted by molar-refractivity contribution is 6.36. The monoisotopic (exact) mass is 543 g/mol. The summed E-state index contributed by atoms with van der Waals surface area (Å²) in [6.45, 7) is 2.27. The van der Waals surface area contributed by atoms with Crippen LogP contribution in [-0.2, 0) is 20.6 Å². The molecule has 0 saturated carbocycles. The van der Waals surface area contributed by atoms with Crippen molar-refractivity contribution in [2.45, 2.75) is 13.5 Å². The Balaban J connectivity index is 1.60. The molecule has 0 amide bonds. The zero-order valence-corrected chi connectivity index (χ0v) is 22.6. The highest BCUT2D eigenvalue weighted by atomic mass is 35.5. The van der Waals surface area contributed by atoms with Crippen LogP contribution in [-0.4, -0.2) is 31.2 Å². The number of hydrogen-bond donors (Lipinski definition) is 2. The summed E-state index contributed by atoms with van der Waals surface area (Å²) < 4.78 is 7.77. The molecule has 0 aliphatic rings. The van der Waals surface area contributed by atoms with Gasteiger partial charge in [0.2, 0.25) is 5.88 Å². The summed E-state index contributed by atoms with van der Waals surface area (Å²) >= 11 is 6.96. The standard InChI is InChI=1S/C28H26ClN7O3/c1-15-17(18-8-5-9-19(23(18)29)21-12-11-16(13-30)26(34-21)39-4)7-6-10-20(15)33-24-22-25(32-14-31-24)35(2)28(38)36(3)27(22)37/h5-12,14H,13,30H2,1-4H3,(H,31,32,33). The van der Waals surface area contributed by atoms with Crippen LogP contribution in [0.3, 0.4) is 0 Å². The topological polar surface area (TPSA) is 130 Å². The van der Waals surface area contributed by atoms with Crippen LogP contribution in [0.4, 0.5) is 11.5 Å². The third kappa shape index (κ3) is 4.43. The molecule has 0 atom stereocenters. The van der Waals surface area contributed by atoms with Gasteiger partial charge in [0.05, 0.1) is 17.8 Å². The first-order chi connectivity index (χ1) is 18.8. The second-order valence-electron chi connectivity index (χ2n) is 8.97. The predicted molar refractivity (Wildman–Crippen MR) is 153 cm³/mol. The van der Waals surface area contributed by atoms with Gasteiger partial charge in [0, 0.05) is 43.0 Å². The number of halogens is 1. The number of rotatable bonds is 6. The maximum absolute atomic E-state index is 13.0. The van der Waals surface area contributed by atoms with Gasteiger partial charge in [0.1, 0.15) is 17.5 Å². The van der Waals surface area contributed by atoms with Gasteiger partial charge in [-0.3, -0.25) is 13.9 Å². The number of ether oxygens (including phenoxy) is 1. The summed E-state index contributed by atoms with van der Waals surface area (Å²) in [7, 11) is 4.55. The molecule has 0 aliphatic carbocycles. The fourth-order valence-electron chi connectivity index (χ4n) is 4.57. The second kappa shape index (κ2) is 10.3. The maximum Gasteiger partial charge on any atom is 0.332 e. The maximum atomic E-state index is 13.0. The first-order valence-corrected chi connectivity index (χ1v) is 12.4. The van der Waals surface area contributed by atoms with Crippen molar-refractivity contribution in [1.82, 2.24) is 24.1 Å². The van der Waals surface area contributed by atoms with E-state index in [0.29, 0.717) is 29.0 Å². The summed E-state index contributed by atoms with van der Waals surface area (Å²) in [6.07, 6.45) is 1.32. The average molecular weight is 544 g/mol. The first-order valence-electron chi connectivity index (χ1n) is 12.1. The lowest BCUT2D eigenvalue weighted by Crippen LogP contribution is -2.37. The second-order valence-corrected chi connectivity index (χ2v) is 9.34. The number of pyridine rings is 1. The molecule has 3 aromatic heterocycles. The highest BCUT2D eigenvalue weighted by Gasteiger charge is 2.18. The summed E-state index contributed by atoms with van der Waals surface area (Å²) in [5.74, 6) is 0.757. The normalized spacial score (nSPS) is 11.1. The van der Waals surface area contributed by atoms with E-state index in [-0.39, 0.29) is 11.0 Å². The van der Waals surface area contributed by atoms with E-state index < -0.39 is 11.2 Å². The molecule has 0 saturated heterocycles. The highest BCUT2D eigenvalue weighted by Crippen LogP contribution is 2.39. The number of fused-ring (bicyclic) bond motifs is 1. The van der Waals surface area contributed by atoms with Crippen molar-refractivity contribution in [1.29, 1.82) is 0 Å². The molecule has 3 N–H and O–H groups in total. The van der Waals surface area contributed by atoms with Crippen LogP contribution in [0, 0.1) is 6.92 Å². The molecule has 0 fully saturated rings. The van der Waals surface area contributed by atoms with E-state index in [4.69, 9.17) is 22.1 Å². The average Bonchev–Trinajstić information content (AvgIpc) is 2.96. The van der Waals surface area contributed by atoms with Crippen LogP contribution >= 0.6 is 11.6 Å². The van der Waals surface area contributed by atoms with Crippen molar-refractivity contribution >= 4 is 34.1 Å². The molecule has 0 unspecified atom stereocenters. The minimum Gasteiger partial charge on any atom is -0.481 e. The van der Waals surface area contributed by atoms with Gasteiger partial charge in [-0.1, -0.05) is 48.0 Å². The number of aromatic nitrogens is 5. The minimum atomic E-state index is -0.482. The van der Waals surface area contributed by atoms with Crippen LogP contribution in [0.25, 0.3) is 33.4 Å². The Labute approximate surface area is 228 Å². The van der Waals surface area contributed by atoms with Crippen LogP contribution in [0.5, 0.6) is 5.88 Å². The Bertz CT molecular complexity index is 1860. The molecule has 5 aromatic rings. The Morgan fingerprint density at radius 2 is 1.69 bits per heavy atom. The fraction of sp³-hybridized carbons (Fsp3) is 0.179. The van der Waals surface area contributed by atoms with Gasteiger partial charge < -0.3 is 15.8 Å². The molecular weight excluding hydrogens is 518 g/mol. The Kier molecular flexibility index (Phi) is 6.90. The lowest BCUT2D eigenvalue weighted by atomic mass is 9.96. The van der Waals surface area contributed by atoms with Crippen LogP contribution < -0.4 is 27.0 Å². The fourth-order valence-corrected chi connectivity index (χ4v) is 4.90. The lowest BCUT2D eigenvalue weighted by molar-refractivity contribution is 0.393. The first kappa shape index (κ1) is 26.1. The number of anilines is 2. The van der Waals surface area contributed by atoms with E-state index in [1.165, 1.54) is 17.9 Å². The van der Waals surface area contributed by atoms with E-state index >= 15 is 0 Å². The molecule has 0 aliphatic heterocycles. The van der Waals surface area contributed by atoms with Crippen molar-refractivity contribution in [2.75, 3.05) is 12.4 Å². The van der Waals surface area contributed by atoms with Crippen LogP contribution in [0.15, 0.2) is 64.4 Å². The van der Waals surface area contributed by atoms with Gasteiger partial charge in [0.25, 0.3) is 5.56 Å². The summed E-state index contributed by atoms with van der Waals surface area (Å²) in [5, 5.41) is 4.02. The molecule has 3 heterocycles. The van der Waals surface area contributed by atoms with Gasteiger partial charge in [-0.05, 0) is 30.2 Å². The van der Waals surface area contributed by atoms with Gasteiger partial charge in [-0.25, -0.2) is 19.7 Å². The number of nitrogens with two attached hydrogens (primary N) is 1. The molecule has 0 bridgehead atoms. The molecule has 198 valence electrons. The molecule has 0 radical (unpaired) electrons. The van der Waals surface area contributed by atoms with Crippen molar-refractivity contribution in [3.8, 4) is 28.3 Å². The van der Waals surface area contributed by atoms with E-state index in [1.807, 2.05) is 55.5 Å². The van der Waals surface area contributed by atoms with Gasteiger partial charge in [0.15, 0.2) is 5.65 Å². The van der Waals surface area contributed by atoms with Crippen molar-refractivity contribution in [3.05, 3.63) is 91.8 Å². The summed E-state index contributed by atoms with van der Waals surface area (Å²) in [4.78, 5) is 38.4. The van der Waals surface area contributed by atoms with Crippen molar-refractivity contribution < 1.29 is 4.74 Å². The number of benzene rings is 2. The summed E-state index contributed by atoms with van der Waals surface area (Å²) in [6, 6.07) is 15.3. The van der Waals surface area contributed by atoms with Gasteiger partial charge >= 0.3 is 5.69 Å².